The van der Waals surface area contributed by atoms with E-state index in [1.54, 1.807) is 0 Å². The molecule has 0 bridgehead atoms. The first-order valence-electron chi connectivity index (χ1n) is 10.1. The molecule has 6 N–H and O–H groups in total. The number of rotatable bonds is 7. The molecule has 2 fully saturated rings. The number of benzene rings is 2. The molecule has 8 heteroatoms. The predicted molar refractivity (Wildman–Crippen MR) is 110 cm³/mol. The zero-order valence-corrected chi connectivity index (χ0v) is 16.4. The Morgan fingerprint density at radius 1 is 0.633 bits per heavy atom. The van der Waals surface area contributed by atoms with Crippen LogP contribution >= 0.6 is 0 Å². The predicted octanol–water partition coefficient (Wildman–Crippen LogP) is 1.60. The van der Waals surface area contributed by atoms with Gasteiger partial charge in [0.25, 0.3) is 0 Å². The van der Waals surface area contributed by atoms with Gasteiger partial charge >= 0.3 is 11.9 Å². The van der Waals surface area contributed by atoms with Gasteiger partial charge in [0.2, 0.25) is 0 Å². The van der Waals surface area contributed by atoms with Crippen LogP contribution in [0.15, 0.2) is 60.7 Å². The Balaban J connectivity index is 1.63. The number of hydrogen-bond donors (Lipinski definition) is 6. The molecule has 2 aliphatic rings. The van der Waals surface area contributed by atoms with Gasteiger partial charge < -0.3 is 10.2 Å². The quantitative estimate of drug-likeness (QED) is 0.407. The molecule has 6 atom stereocenters. The average Bonchev–Trinajstić information content (AvgIpc) is 3.32. The summed E-state index contributed by atoms with van der Waals surface area (Å²) in [7, 11) is 0. The topological polar surface area (TPSA) is 123 Å². The smallest absolute Gasteiger partial charge is 0.303 e. The summed E-state index contributed by atoms with van der Waals surface area (Å²) >= 11 is 0. The minimum Gasteiger partial charge on any atom is -0.481 e. The summed E-state index contributed by atoms with van der Waals surface area (Å²) in [5.74, 6) is -2.27. The highest BCUT2D eigenvalue weighted by Gasteiger charge is 2.49. The van der Waals surface area contributed by atoms with Crippen molar-refractivity contribution in [3.8, 4) is 0 Å². The number of hydrogen-bond acceptors (Lipinski definition) is 6. The molecule has 4 rings (SSSR count). The summed E-state index contributed by atoms with van der Waals surface area (Å²) in [6, 6.07) is 18.5. The van der Waals surface area contributed by atoms with E-state index in [1.165, 1.54) is 0 Å². The lowest BCUT2D eigenvalue weighted by atomic mass is 9.77. The first kappa shape index (κ1) is 20.5. The van der Waals surface area contributed by atoms with Crippen LogP contribution in [0.2, 0.25) is 0 Å². The van der Waals surface area contributed by atoms with Crippen molar-refractivity contribution in [1.82, 2.24) is 21.7 Å². The Hall–Kier alpha value is -2.78. The molecule has 0 spiro atoms. The third-order valence-corrected chi connectivity index (χ3v) is 6.11. The van der Waals surface area contributed by atoms with Crippen molar-refractivity contribution < 1.29 is 19.8 Å². The zero-order chi connectivity index (χ0) is 21.1. The second-order valence-electron chi connectivity index (χ2n) is 7.93. The maximum absolute atomic E-state index is 11.7. The highest BCUT2D eigenvalue weighted by molar-refractivity contribution is 5.68. The molecule has 2 aromatic carbocycles. The average molecular weight is 410 g/mol. The SMILES string of the molecule is O=C(O)CC1C(c2ccccc2)NNC1C1NNC(c2ccccc2)C1CC(=O)O. The van der Waals surface area contributed by atoms with E-state index in [-0.39, 0.29) is 48.8 Å². The molecule has 8 nitrogen and oxygen atoms in total. The van der Waals surface area contributed by atoms with Crippen molar-refractivity contribution in [2.75, 3.05) is 0 Å². The number of carboxylic acid groups (broad SMARTS) is 2. The Morgan fingerprint density at radius 2 is 1.00 bits per heavy atom. The lowest BCUT2D eigenvalue weighted by molar-refractivity contribution is -0.140. The monoisotopic (exact) mass is 410 g/mol. The van der Waals surface area contributed by atoms with Gasteiger partial charge in [0.1, 0.15) is 0 Å². The van der Waals surface area contributed by atoms with Crippen LogP contribution in [0, 0.1) is 11.8 Å². The standard InChI is InChI=1S/C22H26N4O4/c27-17(28)11-15-19(13-7-3-1-4-8-13)23-25-21(15)22-16(12-18(29)30)20(24-26-22)14-9-5-2-6-10-14/h1-10,15-16,19-26H,11-12H2,(H,27,28)(H,29,30). The van der Waals surface area contributed by atoms with Gasteiger partial charge in [0.05, 0.1) is 24.9 Å². The van der Waals surface area contributed by atoms with Crippen molar-refractivity contribution in [2.24, 2.45) is 11.8 Å². The van der Waals surface area contributed by atoms with E-state index < -0.39 is 11.9 Å². The van der Waals surface area contributed by atoms with E-state index in [2.05, 4.69) is 21.7 Å². The van der Waals surface area contributed by atoms with E-state index in [4.69, 9.17) is 0 Å². The van der Waals surface area contributed by atoms with Gasteiger partial charge in [-0.1, -0.05) is 60.7 Å². The number of hydrazine groups is 2. The first-order chi connectivity index (χ1) is 14.5. The van der Waals surface area contributed by atoms with Crippen LogP contribution in [0.5, 0.6) is 0 Å². The molecule has 0 amide bonds. The van der Waals surface area contributed by atoms with Crippen molar-refractivity contribution in [2.45, 2.75) is 37.0 Å². The molecule has 6 unspecified atom stereocenters. The minimum atomic E-state index is -0.878. The highest BCUT2D eigenvalue weighted by Crippen LogP contribution is 2.39. The van der Waals surface area contributed by atoms with Crippen LogP contribution in [0.4, 0.5) is 0 Å². The normalized spacial score (nSPS) is 30.9. The number of nitrogens with one attached hydrogen (secondary N) is 4. The van der Waals surface area contributed by atoms with Gasteiger partial charge in [-0.15, -0.1) is 0 Å². The van der Waals surface area contributed by atoms with E-state index in [9.17, 15) is 19.8 Å². The summed E-state index contributed by atoms with van der Waals surface area (Å²) in [4.78, 5) is 23.3. The largest absolute Gasteiger partial charge is 0.481 e. The minimum absolute atomic E-state index is 0.0296. The second-order valence-corrected chi connectivity index (χ2v) is 7.93. The van der Waals surface area contributed by atoms with E-state index in [0.717, 1.165) is 11.1 Å². The zero-order valence-electron chi connectivity index (χ0n) is 16.4. The number of carbonyl (C=O) groups is 2. The van der Waals surface area contributed by atoms with Crippen LogP contribution in [-0.2, 0) is 9.59 Å². The van der Waals surface area contributed by atoms with Crippen LogP contribution in [0.3, 0.4) is 0 Å². The van der Waals surface area contributed by atoms with E-state index in [0.29, 0.717) is 0 Å². The Kier molecular flexibility index (Phi) is 6.10. The fourth-order valence-electron chi connectivity index (χ4n) is 4.80. The van der Waals surface area contributed by atoms with Crippen LogP contribution in [0.1, 0.15) is 36.1 Å². The summed E-state index contributed by atoms with van der Waals surface area (Å²) in [5, 5.41) is 19.1. The van der Waals surface area contributed by atoms with Crippen molar-refractivity contribution >= 4 is 11.9 Å². The maximum atomic E-state index is 11.7. The summed E-state index contributed by atoms with van der Waals surface area (Å²) < 4.78 is 0. The first-order valence-corrected chi connectivity index (χ1v) is 10.1. The van der Waals surface area contributed by atoms with Gasteiger partial charge in [0.15, 0.2) is 0 Å². The Labute approximate surface area is 174 Å². The number of aliphatic carboxylic acids is 2. The Morgan fingerprint density at radius 3 is 1.33 bits per heavy atom. The summed E-state index contributed by atoms with van der Waals surface area (Å²) in [5.41, 5.74) is 15.0. The lowest BCUT2D eigenvalue weighted by Gasteiger charge is -2.30. The van der Waals surface area contributed by atoms with Gasteiger partial charge in [-0.25, -0.2) is 10.9 Å². The lowest BCUT2D eigenvalue weighted by Crippen LogP contribution is -2.51. The van der Waals surface area contributed by atoms with Crippen LogP contribution in [0.25, 0.3) is 0 Å². The molecular weight excluding hydrogens is 384 g/mol. The third kappa shape index (κ3) is 4.22. The van der Waals surface area contributed by atoms with E-state index in [1.807, 2.05) is 60.7 Å². The molecule has 2 saturated heterocycles. The molecular formula is C22H26N4O4. The van der Waals surface area contributed by atoms with Crippen molar-refractivity contribution in [1.29, 1.82) is 0 Å². The fraction of sp³-hybridized carbons (Fsp3) is 0.364. The van der Waals surface area contributed by atoms with Crippen molar-refractivity contribution in [3.63, 3.8) is 0 Å². The second kappa shape index (κ2) is 8.93. The fourth-order valence-corrected chi connectivity index (χ4v) is 4.80. The molecule has 2 heterocycles. The summed E-state index contributed by atoms with van der Waals surface area (Å²) in [6.45, 7) is 0. The molecule has 0 aliphatic carbocycles. The van der Waals surface area contributed by atoms with Crippen molar-refractivity contribution in [3.05, 3.63) is 71.8 Å². The molecule has 0 radical (unpaired) electrons. The van der Waals surface area contributed by atoms with Gasteiger partial charge in [-0.05, 0) is 11.1 Å². The molecule has 2 aromatic rings. The number of carboxylic acids is 2. The molecule has 158 valence electrons. The van der Waals surface area contributed by atoms with Crippen LogP contribution < -0.4 is 21.7 Å². The van der Waals surface area contributed by atoms with Gasteiger partial charge in [0, 0.05) is 23.9 Å². The van der Waals surface area contributed by atoms with Gasteiger partial charge in [-0.2, -0.15) is 0 Å². The van der Waals surface area contributed by atoms with Gasteiger partial charge in [-0.3, -0.25) is 20.4 Å². The summed E-state index contributed by atoms with van der Waals surface area (Å²) in [6.07, 6.45) is -0.0591. The Bertz CT molecular complexity index is 806. The molecule has 2 aliphatic heterocycles. The maximum Gasteiger partial charge on any atom is 0.303 e. The third-order valence-electron chi connectivity index (χ3n) is 6.11. The highest BCUT2D eigenvalue weighted by atomic mass is 16.4. The van der Waals surface area contributed by atoms with Crippen LogP contribution in [-0.4, -0.2) is 34.2 Å². The molecule has 30 heavy (non-hydrogen) atoms. The van der Waals surface area contributed by atoms with E-state index >= 15 is 0 Å². The molecule has 0 saturated carbocycles. The molecule has 0 aromatic heterocycles.